The van der Waals surface area contributed by atoms with Crippen LogP contribution in [-0.2, 0) is 23.0 Å². The summed E-state index contributed by atoms with van der Waals surface area (Å²) in [6.07, 6.45) is -4.16. The Morgan fingerprint density at radius 1 is 1.94 bits per heavy atom. The van der Waals surface area contributed by atoms with Crippen molar-refractivity contribution in [2.75, 3.05) is 6.61 Å². The molecule has 0 bridgehead atoms. The standard InChI is InChI=1S/C12H18N2O2/c1-4-11-9(7-16-12(11)15)5-10-6-13-8(2)14(10)3/h6,9,11H,4-5,7H2,1-3H3/t9-,11-/m0/s1/i1D3,5D2,6D,9D,11D. The minimum Gasteiger partial charge on any atom is -0.465 e. The van der Waals surface area contributed by atoms with Gasteiger partial charge < -0.3 is 9.30 Å². The molecule has 1 aromatic rings. The van der Waals surface area contributed by atoms with E-state index in [1.54, 1.807) is 6.92 Å². The third kappa shape index (κ3) is 1.84. The maximum Gasteiger partial charge on any atom is 0.309 e. The van der Waals surface area contributed by atoms with Gasteiger partial charge in [-0.25, -0.2) is 4.98 Å². The summed E-state index contributed by atoms with van der Waals surface area (Å²) in [5.41, 5.74) is -0.296. The highest BCUT2D eigenvalue weighted by atomic mass is 16.5. The Hall–Kier alpha value is -1.32. The summed E-state index contributed by atoms with van der Waals surface area (Å²) in [6, 6.07) is 0. The van der Waals surface area contributed by atoms with E-state index in [9.17, 15) is 4.79 Å². The van der Waals surface area contributed by atoms with Crippen molar-refractivity contribution in [2.24, 2.45) is 18.8 Å². The predicted molar refractivity (Wildman–Crippen MR) is 59.9 cm³/mol. The Kier molecular flexibility index (Phi) is 1.31. The van der Waals surface area contributed by atoms with Gasteiger partial charge in [0.05, 0.1) is 13.9 Å². The van der Waals surface area contributed by atoms with Gasteiger partial charge in [-0.05, 0) is 19.7 Å². The highest BCUT2D eigenvalue weighted by Crippen LogP contribution is 2.28. The number of carbonyl (C=O) groups is 1. The van der Waals surface area contributed by atoms with E-state index in [0.717, 1.165) is 0 Å². The summed E-state index contributed by atoms with van der Waals surface area (Å²) in [5, 5.41) is 0. The van der Waals surface area contributed by atoms with Gasteiger partial charge in [0, 0.05) is 34.4 Å². The minimum absolute atomic E-state index is 0.296. The maximum atomic E-state index is 12.0. The average molecular weight is 230 g/mol. The van der Waals surface area contributed by atoms with Gasteiger partial charge in [-0.1, -0.05) is 6.85 Å². The molecule has 0 amide bonds. The molecule has 16 heavy (non-hydrogen) atoms. The molecule has 1 saturated heterocycles. The zero-order valence-electron chi connectivity index (χ0n) is 17.1. The number of hydrogen-bond donors (Lipinski definition) is 0. The second-order valence-electron chi connectivity index (χ2n) is 3.51. The molecule has 1 aliphatic rings. The van der Waals surface area contributed by atoms with Gasteiger partial charge in [-0.2, -0.15) is 0 Å². The first kappa shape index (κ1) is 4.90. The van der Waals surface area contributed by atoms with Crippen LogP contribution in [0.25, 0.3) is 0 Å². The number of nitrogens with zero attached hydrogens (tertiary/aromatic N) is 2. The first-order chi connectivity index (χ1) is 10.7. The van der Waals surface area contributed by atoms with E-state index in [0.29, 0.717) is 5.82 Å². The lowest BCUT2D eigenvalue weighted by molar-refractivity contribution is -0.141. The molecule has 2 atom stereocenters. The molecular weight excluding hydrogens is 204 g/mol. The van der Waals surface area contributed by atoms with Crippen LogP contribution in [0.2, 0.25) is 0 Å². The fourth-order valence-electron chi connectivity index (χ4n) is 1.43. The zero-order valence-corrected chi connectivity index (χ0v) is 9.13. The predicted octanol–water partition coefficient (Wildman–Crippen LogP) is 1.47. The van der Waals surface area contributed by atoms with E-state index in [1.165, 1.54) is 11.6 Å². The topological polar surface area (TPSA) is 44.1 Å². The van der Waals surface area contributed by atoms with Crippen molar-refractivity contribution < 1.29 is 20.5 Å². The van der Waals surface area contributed by atoms with Crippen LogP contribution in [0.5, 0.6) is 0 Å². The fourth-order valence-corrected chi connectivity index (χ4v) is 1.43. The number of imidazole rings is 1. The number of esters is 1. The van der Waals surface area contributed by atoms with Gasteiger partial charge in [0.15, 0.2) is 0 Å². The van der Waals surface area contributed by atoms with E-state index in [-0.39, 0.29) is 5.69 Å². The summed E-state index contributed by atoms with van der Waals surface area (Å²) >= 11 is 0. The number of ether oxygens (including phenoxy) is 1. The molecule has 1 aromatic heterocycles. The summed E-state index contributed by atoms with van der Waals surface area (Å²) in [4.78, 5) is 15.9. The molecule has 4 nitrogen and oxygen atoms in total. The van der Waals surface area contributed by atoms with Crippen LogP contribution in [0, 0.1) is 18.7 Å². The van der Waals surface area contributed by atoms with Crippen molar-refractivity contribution in [1.29, 1.82) is 0 Å². The summed E-state index contributed by atoms with van der Waals surface area (Å²) in [6.45, 7) is -1.96. The molecule has 1 fully saturated rings. The summed E-state index contributed by atoms with van der Waals surface area (Å²) in [7, 11) is 1.45. The highest BCUT2D eigenvalue weighted by molar-refractivity contribution is 5.74. The molecule has 2 heterocycles. The van der Waals surface area contributed by atoms with Crippen LogP contribution in [0.3, 0.4) is 0 Å². The Balaban J connectivity index is 2.64. The van der Waals surface area contributed by atoms with Crippen LogP contribution < -0.4 is 0 Å². The number of rotatable bonds is 3. The fraction of sp³-hybridized carbons (Fsp3) is 0.667. The SMILES string of the molecule is [2H]c1nc(C)n(C)c1C([2H])([2H])[C@@]1([2H])COC(=O)[C@@]1([2H])CC([2H])([2H])[2H]. The van der Waals surface area contributed by atoms with Gasteiger partial charge in [-0.3, -0.25) is 4.79 Å². The minimum atomic E-state index is -2.72. The molecular formula is C12H18N2O2. The van der Waals surface area contributed by atoms with E-state index >= 15 is 0 Å². The van der Waals surface area contributed by atoms with Crippen LogP contribution in [0.15, 0.2) is 6.17 Å². The van der Waals surface area contributed by atoms with Crippen molar-refractivity contribution in [1.82, 2.24) is 9.55 Å². The maximum absolute atomic E-state index is 12.0. The third-order valence-electron chi connectivity index (χ3n) is 2.55. The molecule has 1 aliphatic heterocycles. The average Bonchev–Trinajstić information content (AvgIpc) is 2.77. The lowest BCUT2D eigenvalue weighted by Gasteiger charge is -2.13. The van der Waals surface area contributed by atoms with Crippen LogP contribution in [0.4, 0.5) is 0 Å². The summed E-state index contributed by atoms with van der Waals surface area (Å²) < 4.78 is 69.4. The van der Waals surface area contributed by atoms with E-state index < -0.39 is 50.2 Å². The number of aromatic nitrogens is 2. The lowest BCUT2D eigenvalue weighted by Crippen LogP contribution is -2.18. The number of cyclic esters (lactones) is 1. The molecule has 0 N–H and O–H groups in total. The van der Waals surface area contributed by atoms with Crippen molar-refractivity contribution in [3.05, 3.63) is 17.7 Å². The second kappa shape index (κ2) is 4.28. The normalized spacial score (nSPS) is 43.0. The first-order valence-electron chi connectivity index (χ1n) is 8.85. The number of carbonyl (C=O) groups excluding carboxylic acids is 1. The van der Waals surface area contributed by atoms with Crippen LogP contribution >= 0.6 is 0 Å². The zero-order chi connectivity index (χ0) is 18.7. The van der Waals surface area contributed by atoms with Gasteiger partial charge in [0.25, 0.3) is 0 Å². The molecule has 0 unspecified atom stereocenters. The van der Waals surface area contributed by atoms with E-state index in [2.05, 4.69) is 4.98 Å². The van der Waals surface area contributed by atoms with Crippen LogP contribution in [-0.4, -0.2) is 22.1 Å². The van der Waals surface area contributed by atoms with Gasteiger partial charge >= 0.3 is 5.97 Å². The van der Waals surface area contributed by atoms with E-state index in [1.807, 2.05) is 0 Å². The van der Waals surface area contributed by atoms with Gasteiger partial charge in [0.1, 0.15) is 5.82 Å². The van der Waals surface area contributed by atoms with Crippen molar-refractivity contribution in [3.63, 3.8) is 0 Å². The Bertz CT molecular complexity index is 685. The van der Waals surface area contributed by atoms with Crippen LogP contribution in [0.1, 0.15) is 35.8 Å². The van der Waals surface area contributed by atoms with E-state index in [4.69, 9.17) is 15.7 Å². The molecule has 0 aromatic carbocycles. The highest BCUT2D eigenvalue weighted by Gasteiger charge is 2.35. The molecule has 0 saturated carbocycles. The monoisotopic (exact) mass is 230 g/mol. The summed E-state index contributed by atoms with van der Waals surface area (Å²) in [5.74, 6) is -6.10. The van der Waals surface area contributed by atoms with Gasteiger partial charge in [-0.15, -0.1) is 0 Å². The quantitative estimate of drug-likeness (QED) is 0.739. The molecule has 88 valence electrons. The smallest absolute Gasteiger partial charge is 0.309 e. The largest absolute Gasteiger partial charge is 0.465 e. The molecule has 0 radical (unpaired) electrons. The lowest BCUT2D eigenvalue weighted by atomic mass is 9.89. The first-order valence-corrected chi connectivity index (χ1v) is 4.85. The Morgan fingerprint density at radius 2 is 2.75 bits per heavy atom. The van der Waals surface area contributed by atoms with Crippen molar-refractivity contribution >= 4 is 5.97 Å². The number of aryl methyl sites for hydroxylation is 1. The Morgan fingerprint density at radius 3 is 3.38 bits per heavy atom. The second-order valence-corrected chi connectivity index (χ2v) is 3.51. The Labute approximate surface area is 107 Å². The third-order valence-corrected chi connectivity index (χ3v) is 2.55. The van der Waals surface area contributed by atoms with Gasteiger partial charge in [0.2, 0.25) is 0 Å². The molecule has 4 heteroatoms. The van der Waals surface area contributed by atoms with Crippen molar-refractivity contribution in [2.45, 2.75) is 26.6 Å². The molecule has 2 rings (SSSR count). The number of hydrogen-bond acceptors (Lipinski definition) is 3. The van der Waals surface area contributed by atoms with Crippen molar-refractivity contribution in [3.8, 4) is 0 Å². The molecule has 0 spiro atoms. The molecule has 0 aliphatic carbocycles.